The molecule has 1 aliphatic rings. The van der Waals surface area contributed by atoms with E-state index in [0.717, 1.165) is 30.5 Å². The van der Waals surface area contributed by atoms with E-state index in [2.05, 4.69) is 15.6 Å². The summed E-state index contributed by atoms with van der Waals surface area (Å²) in [5.41, 5.74) is 2.06. The van der Waals surface area contributed by atoms with Crippen molar-refractivity contribution in [3.8, 4) is 0 Å². The molecule has 0 aliphatic heterocycles. The molecule has 27 heavy (non-hydrogen) atoms. The Labute approximate surface area is 164 Å². The van der Waals surface area contributed by atoms with E-state index in [-0.39, 0.29) is 24.2 Å². The van der Waals surface area contributed by atoms with Crippen LogP contribution in [0.5, 0.6) is 0 Å². The molecule has 3 rings (SSSR count). The molecule has 1 unspecified atom stereocenters. The Morgan fingerprint density at radius 2 is 1.85 bits per heavy atom. The average molecular weight is 386 g/mol. The number of nitrogens with zero attached hydrogens (tertiary/aromatic N) is 1. The first-order chi connectivity index (χ1) is 13.0. The molecule has 5 nitrogen and oxygen atoms in total. The van der Waals surface area contributed by atoms with Gasteiger partial charge in [-0.15, -0.1) is 11.3 Å². The van der Waals surface area contributed by atoms with E-state index in [1.165, 1.54) is 17.7 Å². The molecule has 2 amide bonds. The summed E-state index contributed by atoms with van der Waals surface area (Å²) in [5, 5.41) is 6.45. The maximum absolute atomic E-state index is 12.8. The van der Waals surface area contributed by atoms with Crippen LogP contribution in [-0.2, 0) is 28.9 Å². The Morgan fingerprint density at radius 1 is 1.11 bits per heavy atom. The molecular formula is C21H27N3O2S. The van der Waals surface area contributed by atoms with Crippen molar-refractivity contribution < 1.29 is 9.59 Å². The number of aromatic nitrogens is 1. The first-order valence-electron chi connectivity index (χ1n) is 9.65. The number of fused-ring (bicyclic) bond motifs is 1. The van der Waals surface area contributed by atoms with Crippen molar-refractivity contribution >= 4 is 28.3 Å². The first kappa shape index (κ1) is 19.5. The molecule has 144 valence electrons. The zero-order valence-corrected chi connectivity index (χ0v) is 16.8. The van der Waals surface area contributed by atoms with Gasteiger partial charge in [0.15, 0.2) is 5.13 Å². The van der Waals surface area contributed by atoms with Crippen molar-refractivity contribution in [2.45, 2.75) is 58.4 Å². The molecule has 0 saturated carbocycles. The summed E-state index contributed by atoms with van der Waals surface area (Å²) in [6.07, 6.45) is 5.89. The molecule has 1 heterocycles. The number of nitrogens with one attached hydrogen (secondary N) is 2. The molecule has 0 fully saturated rings. The van der Waals surface area contributed by atoms with Gasteiger partial charge in [-0.2, -0.15) is 0 Å². The van der Waals surface area contributed by atoms with Crippen LogP contribution in [0.3, 0.4) is 0 Å². The van der Waals surface area contributed by atoms with Gasteiger partial charge in [0.25, 0.3) is 0 Å². The maximum Gasteiger partial charge on any atom is 0.248 e. The number of anilines is 1. The quantitative estimate of drug-likeness (QED) is 0.744. The highest BCUT2D eigenvalue weighted by Crippen LogP contribution is 2.29. The van der Waals surface area contributed by atoms with Gasteiger partial charge in [-0.25, -0.2) is 4.98 Å². The smallest absolute Gasteiger partial charge is 0.248 e. The first-order valence-corrected chi connectivity index (χ1v) is 10.5. The fourth-order valence-electron chi connectivity index (χ4n) is 3.31. The zero-order chi connectivity index (χ0) is 19.2. The number of carbonyl (C=O) groups excluding carboxylic acids is 2. The third-order valence-corrected chi connectivity index (χ3v) is 5.87. The monoisotopic (exact) mass is 385 g/mol. The lowest BCUT2D eigenvalue weighted by atomic mass is 10.0. The Kier molecular flexibility index (Phi) is 6.61. The van der Waals surface area contributed by atoms with Crippen LogP contribution in [0, 0.1) is 5.92 Å². The van der Waals surface area contributed by atoms with Gasteiger partial charge in [0.2, 0.25) is 11.8 Å². The second kappa shape index (κ2) is 9.13. The molecule has 6 heteroatoms. The second-order valence-electron chi connectivity index (χ2n) is 7.39. The number of carbonyl (C=O) groups is 2. The standard InChI is InChI=1S/C21H27N3O2S/c1-14(2)19(23-18(25)13-15-9-5-3-6-10-15)20(26)24-21-22-16-11-7-4-8-12-17(16)27-21/h3,5-6,9-10,14,19H,4,7-8,11-13H2,1-2H3,(H,23,25)(H,22,24,26). The lowest BCUT2D eigenvalue weighted by Gasteiger charge is -2.21. The minimum atomic E-state index is -0.579. The van der Waals surface area contributed by atoms with Crippen molar-refractivity contribution in [3.05, 3.63) is 46.5 Å². The predicted octanol–water partition coefficient (Wildman–Crippen LogP) is 3.73. The number of hydrogen-bond acceptors (Lipinski definition) is 4. The summed E-state index contributed by atoms with van der Waals surface area (Å²) in [6, 6.07) is 8.97. The summed E-state index contributed by atoms with van der Waals surface area (Å²) in [5.74, 6) is -0.359. The molecule has 0 bridgehead atoms. The minimum Gasteiger partial charge on any atom is -0.344 e. The van der Waals surface area contributed by atoms with Crippen LogP contribution in [0.1, 0.15) is 49.2 Å². The zero-order valence-electron chi connectivity index (χ0n) is 16.0. The molecular weight excluding hydrogens is 358 g/mol. The van der Waals surface area contributed by atoms with E-state index in [4.69, 9.17) is 0 Å². The highest BCUT2D eigenvalue weighted by Gasteiger charge is 2.25. The van der Waals surface area contributed by atoms with Gasteiger partial charge in [-0.05, 0) is 37.2 Å². The number of hydrogen-bond donors (Lipinski definition) is 2. The van der Waals surface area contributed by atoms with Gasteiger partial charge in [-0.1, -0.05) is 50.6 Å². The largest absolute Gasteiger partial charge is 0.344 e. The molecule has 2 N–H and O–H groups in total. The lowest BCUT2D eigenvalue weighted by Crippen LogP contribution is -2.47. The minimum absolute atomic E-state index is 0.0116. The average Bonchev–Trinajstić information content (AvgIpc) is 2.88. The van der Waals surface area contributed by atoms with E-state index in [0.29, 0.717) is 5.13 Å². The third-order valence-electron chi connectivity index (χ3n) is 4.80. The van der Waals surface area contributed by atoms with Gasteiger partial charge in [0.05, 0.1) is 12.1 Å². The molecule has 2 aromatic rings. The highest BCUT2D eigenvalue weighted by atomic mass is 32.1. The number of rotatable bonds is 6. The number of benzene rings is 1. The van der Waals surface area contributed by atoms with Crippen molar-refractivity contribution in [3.63, 3.8) is 0 Å². The normalized spacial score (nSPS) is 14.9. The van der Waals surface area contributed by atoms with Crippen molar-refractivity contribution in [1.29, 1.82) is 0 Å². The summed E-state index contributed by atoms with van der Waals surface area (Å²) in [4.78, 5) is 31.0. The Morgan fingerprint density at radius 3 is 2.59 bits per heavy atom. The van der Waals surface area contributed by atoms with Crippen molar-refractivity contribution in [2.75, 3.05) is 5.32 Å². The summed E-state index contributed by atoms with van der Waals surface area (Å²) in [7, 11) is 0. The Balaban J connectivity index is 1.62. The molecule has 0 saturated heterocycles. The number of aryl methyl sites for hydroxylation is 2. The second-order valence-corrected chi connectivity index (χ2v) is 8.47. The van der Waals surface area contributed by atoms with Crippen molar-refractivity contribution in [1.82, 2.24) is 10.3 Å². The fraction of sp³-hybridized carbons (Fsp3) is 0.476. The van der Waals surface area contributed by atoms with Gasteiger partial charge < -0.3 is 10.6 Å². The van der Waals surface area contributed by atoms with Crippen LogP contribution in [0.4, 0.5) is 5.13 Å². The predicted molar refractivity (Wildman–Crippen MR) is 109 cm³/mol. The van der Waals surface area contributed by atoms with Crippen LogP contribution < -0.4 is 10.6 Å². The summed E-state index contributed by atoms with van der Waals surface area (Å²) < 4.78 is 0. The lowest BCUT2D eigenvalue weighted by molar-refractivity contribution is -0.127. The molecule has 0 radical (unpaired) electrons. The molecule has 1 atom stereocenters. The van der Waals surface area contributed by atoms with E-state index in [9.17, 15) is 9.59 Å². The topological polar surface area (TPSA) is 71.1 Å². The third kappa shape index (κ3) is 5.39. The summed E-state index contributed by atoms with van der Waals surface area (Å²) in [6.45, 7) is 3.87. The van der Waals surface area contributed by atoms with Gasteiger partial charge >= 0.3 is 0 Å². The van der Waals surface area contributed by atoms with Crippen LogP contribution in [0.2, 0.25) is 0 Å². The van der Waals surface area contributed by atoms with E-state index in [1.54, 1.807) is 11.3 Å². The van der Waals surface area contributed by atoms with E-state index >= 15 is 0 Å². The van der Waals surface area contributed by atoms with E-state index in [1.807, 2.05) is 44.2 Å². The van der Waals surface area contributed by atoms with Crippen LogP contribution in [-0.4, -0.2) is 22.8 Å². The van der Waals surface area contributed by atoms with Crippen LogP contribution >= 0.6 is 11.3 Å². The Bertz CT molecular complexity index is 762. The SMILES string of the molecule is CC(C)C(NC(=O)Cc1ccccc1)C(=O)Nc1nc2c(s1)CCCCC2. The molecule has 1 aliphatic carbocycles. The molecule has 1 aromatic heterocycles. The fourth-order valence-corrected chi connectivity index (χ4v) is 4.36. The molecule has 0 spiro atoms. The van der Waals surface area contributed by atoms with Gasteiger partial charge in [0.1, 0.15) is 6.04 Å². The number of amides is 2. The highest BCUT2D eigenvalue weighted by molar-refractivity contribution is 7.15. The Hall–Kier alpha value is -2.21. The van der Waals surface area contributed by atoms with Gasteiger partial charge in [-0.3, -0.25) is 9.59 Å². The van der Waals surface area contributed by atoms with Crippen molar-refractivity contribution in [2.24, 2.45) is 5.92 Å². The number of thiazole rings is 1. The van der Waals surface area contributed by atoms with Gasteiger partial charge in [0, 0.05) is 4.88 Å². The maximum atomic E-state index is 12.8. The van der Waals surface area contributed by atoms with E-state index < -0.39 is 6.04 Å². The van der Waals surface area contributed by atoms with Crippen LogP contribution in [0.15, 0.2) is 30.3 Å². The van der Waals surface area contributed by atoms with Crippen LogP contribution in [0.25, 0.3) is 0 Å². The molecule has 1 aromatic carbocycles. The summed E-state index contributed by atoms with van der Waals surface area (Å²) >= 11 is 1.57.